The highest BCUT2D eigenvalue weighted by molar-refractivity contribution is 5.78. The quantitative estimate of drug-likeness (QED) is 0.754. The van der Waals surface area contributed by atoms with Crippen LogP contribution >= 0.6 is 0 Å². The van der Waals surface area contributed by atoms with Crippen LogP contribution in [-0.4, -0.2) is 44.8 Å². The van der Waals surface area contributed by atoms with Gasteiger partial charge in [0.25, 0.3) is 0 Å². The molecule has 0 aliphatic carbocycles. The van der Waals surface area contributed by atoms with Gasteiger partial charge in [-0.15, -0.1) is 0 Å². The Morgan fingerprint density at radius 1 is 1.61 bits per heavy atom. The third-order valence-electron chi connectivity index (χ3n) is 2.53. The third-order valence-corrected chi connectivity index (χ3v) is 2.53. The van der Waals surface area contributed by atoms with Crippen molar-refractivity contribution in [2.24, 2.45) is 0 Å². The Balaban J connectivity index is 2.88. The maximum Gasteiger partial charge on any atom is 0.150 e. The normalized spacial score (nSPS) is 11.7. The van der Waals surface area contributed by atoms with Crippen LogP contribution in [0.4, 0.5) is 5.69 Å². The standard InChI is InChI=1S/C13H16N2O3/c1-15(7-12(17)9-18-2)13-4-3-10(8-16)5-11(13)6-14/h3-5,8,12,17H,7,9H2,1-2H3. The number of nitriles is 1. The SMILES string of the molecule is COCC(O)CN(C)c1ccc(C=O)cc1C#N. The van der Waals surface area contributed by atoms with Gasteiger partial charge in [-0.2, -0.15) is 5.26 Å². The smallest absolute Gasteiger partial charge is 0.150 e. The van der Waals surface area contributed by atoms with Crippen LogP contribution in [0.1, 0.15) is 15.9 Å². The van der Waals surface area contributed by atoms with Crippen LogP contribution in [0.3, 0.4) is 0 Å². The summed E-state index contributed by atoms with van der Waals surface area (Å²) < 4.78 is 4.85. The molecule has 0 aliphatic heterocycles. The van der Waals surface area contributed by atoms with Crippen LogP contribution < -0.4 is 4.90 Å². The van der Waals surface area contributed by atoms with E-state index >= 15 is 0 Å². The van der Waals surface area contributed by atoms with Gasteiger partial charge in [-0.05, 0) is 18.2 Å². The highest BCUT2D eigenvalue weighted by Crippen LogP contribution is 2.20. The summed E-state index contributed by atoms with van der Waals surface area (Å²) in [7, 11) is 3.29. The van der Waals surface area contributed by atoms with Crippen molar-refractivity contribution in [1.29, 1.82) is 5.26 Å². The maximum atomic E-state index is 10.6. The summed E-state index contributed by atoms with van der Waals surface area (Å²) in [4.78, 5) is 12.4. The van der Waals surface area contributed by atoms with E-state index in [-0.39, 0.29) is 6.61 Å². The van der Waals surface area contributed by atoms with E-state index in [9.17, 15) is 9.90 Å². The number of anilines is 1. The molecule has 0 heterocycles. The molecule has 1 atom stereocenters. The molecule has 18 heavy (non-hydrogen) atoms. The van der Waals surface area contributed by atoms with E-state index < -0.39 is 6.10 Å². The number of aliphatic hydroxyl groups is 1. The Kier molecular flexibility index (Phi) is 5.31. The minimum Gasteiger partial charge on any atom is -0.389 e. The summed E-state index contributed by atoms with van der Waals surface area (Å²) in [6.07, 6.45) is 0.0713. The molecule has 0 fully saturated rings. The van der Waals surface area contributed by atoms with Gasteiger partial charge < -0.3 is 14.7 Å². The van der Waals surface area contributed by atoms with E-state index in [4.69, 9.17) is 10.00 Å². The number of methoxy groups -OCH3 is 1. The zero-order valence-electron chi connectivity index (χ0n) is 10.5. The van der Waals surface area contributed by atoms with Crippen molar-refractivity contribution in [1.82, 2.24) is 0 Å². The number of carbonyl (C=O) groups excluding carboxylic acids is 1. The largest absolute Gasteiger partial charge is 0.389 e. The van der Waals surface area contributed by atoms with Crippen molar-refractivity contribution >= 4 is 12.0 Å². The molecule has 1 unspecified atom stereocenters. The number of aliphatic hydroxyl groups excluding tert-OH is 1. The zero-order valence-corrected chi connectivity index (χ0v) is 10.5. The number of carbonyl (C=O) groups is 1. The molecule has 5 nitrogen and oxygen atoms in total. The van der Waals surface area contributed by atoms with Gasteiger partial charge in [0.1, 0.15) is 12.4 Å². The van der Waals surface area contributed by atoms with Gasteiger partial charge >= 0.3 is 0 Å². The second-order valence-electron chi connectivity index (χ2n) is 4.00. The van der Waals surface area contributed by atoms with E-state index in [1.54, 1.807) is 24.1 Å². The van der Waals surface area contributed by atoms with E-state index in [1.807, 2.05) is 6.07 Å². The second kappa shape index (κ2) is 6.74. The lowest BCUT2D eigenvalue weighted by Crippen LogP contribution is -2.32. The minimum atomic E-state index is -0.628. The number of benzene rings is 1. The fraction of sp³-hybridized carbons (Fsp3) is 0.385. The number of hydrogen-bond acceptors (Lipinski definition) is 5. The lowest BCUT2D eigenvalue weighted by Gasteiger charge is -2.23. The number of nitrogens with zero attached hydrogens (tertiary/aromatic N) is 2. The molecule has 0 saturated carbocycles. The molecule has 0 amide bonds. The number of likely N-dealkylation sites (N-methyl/N-ethyl adjacent to an activating group) is 1. The number of aldehydes is 1. The monoisotopic (exact) mass is 248 g/mol. The number of ether oxygens (including phenoxy) is 1. The first-order chi connectivity index (χ1) is 8.62. The molecule has 5 heteroatoms. The van der Waals surface area contributed by atoms with Crippen molar-refractivity contribution in [3.05, 3.63) is 29.3 Å². The number of hydrogen-bond donors (Lipinski definition) is 1. The lowest BCUT2D eigenvalue weighted by molar-refractivity contribution is 0.0695. The van der Waals surface area contributed by atoms with Crippen LogP contribution in [0.15, 0.2) is 18.2 Å². The summed E-state index contributed by atoms with van der Waals surface area (Å²) in [5.74, 6) is 0. The molecule has 0 aliphatic rings. The summed E-state index contributed by atoms with van der Waals surface area (Å²) in [5.41, 5.74) is 1.55. The molecule has 1 aromatic carbocycles. The Morgan fingerprint density at radius 2 is 2.33 bits per heavy atom. The summed E-state index contributed by atoms with van der Waals surface area (Å²) in [5, 5.41) is 18.7. The molecular weight excluding hydrogens is 232 g/mol. The third kappa shape index (κ3) is 3.55. The van der Waals surface area contributed by atoms with Crippen LogP contribution in [0.2, 0.25) is 0 Å². The van der Waals surface area contributed by atoms with E-state index in [0.29, 0.717) is 29.6 Å². The molecule has 0 aromatic heterocycles. The molecule has 0 radical (unpaired) electrons. The molecule has 0 saturated heterocycles. The van der Waals surface area contributed by atoms with Crippen molar-refractivity contribution in [2.75, 3.05) is 32.2 Å². The van der Waals surface area contributed by atoms with Crippen molar-refractivity contribution in [2.45, 2.75) is 6.10 Å². The molecule has 1 rings (SSSR count). The molecule has 0 spiro atoms. The first-order valence-corrected chi connectivity index (χ1v) is 5.49. The Hall–Kier alpha value is -1.90. The molecule has 0 bridgehead atoms. The van der Waals surface area contributed by atoms with Crippen LogP contribution in [0.5, 0.6) is 0 Å². The van der Waals surface area contributed by atoms with Crippen molar-refractivity contribution < 1.29 is 14.6 Å². The van der Waals surface area contributed by atoms with Gasteiger partial charge in [0.05, 0.1) is 24.0 Å². The highest BCUT2D eigenvalue weighted by atomic mass is 16.5. The van der Waals surface area contributed by atoms with Gasteiger partial charge in [-0.1, -0.05) is 0 Å². The zero-order chi connectivity index (χ0) is 13.5. The number of rotatable bonds is 6. The molecular formula is C13H16N2O3. The van der Waals surface area contributed by atoms with E-state index in [2.05, 4.69) is 0 Å². The Labute approximate surface area is 106 Å². The predicted octanol–water partition coefficient (Wildman–Crippen LogP) is 0.814. The van der Waals surface area contributed by atoms with Gasteiger partial charge in [-0.25, -0.2) is 0 Å². The van der Waals surface area contributed by atoms with Crippen LogP contribution in [-0.2, 0) is 4.74 Å². The minimum absolute atomic E-state index is 0.235. The molecule has 1 N–H and O–H groups in total. The first kappa shape index (κ1) is 14.2. The summed E-state index contributed by atoms with van der Waals surface area (Å²) in [6.45, 7) is 0.585. The fourth-order valence-corrected chi connectivity index (χ4v) is 1.71. The Morgan fingerprint density at radius 3 is 2.89 bits per heavy atom. The topological polar surface area (TPSA) is 73.6 Å². The highest BCUT2D eigenvalue weighted by Gasteiger charge is 2.12. The molecule has 1 aromatic rings. The summed E-state index contributed by atoms with van der Waals surface area (Å²) in [6, 6.07) is 6.91. The Bertz CT molecular complexity index is 454. The first-order valence-electron chi connectivity index (χ1n) is 5.49. The van der Waals surface area contributed by atoms with Crippen molar-refractivity contribution in [3.63, 3.8) is 0 Å². The van der Waals surface area contributed by atoms with Gasteiger partial charge in [-0.3, -0.25) is 4.79 Å². The average Bonchev–Trinajstić information content (AvgIpc) is 2.38. The average molecular weight is 248 g/mol. The maximum absolute atomic E-state index is 10.6. The predicted molar refractivity (Wildman–Crippen MR) is 67.7 cm³/mol. The molecule has 96 valence electrons. The lowest BCUT2D eigenvalue weighted by atomic mass is 10.1. The van der Waals surface area contributed by atoms with Crippen LogP contribution in [0, 0.1) is 11.3 Å². The van der Waals surface area contributed by atoms with Gasteiger partial charge in [0, 0.05) is 26.3 Å². The van der Waals surface area contributed by atoms with E-state index in [1.165, 1.54) is 13.2 Å². The van der Waals surface area contributed by atoms with E-state index in [0.717, 1.165) is 0 Å². The van der Waals surface area contributed by atoms with Crippen molar-refractivity contribution in [3.8, 4) is 6.07 Å². The fourth-order valence-electron chi connectivity index (χ4n) is 1.71. The summed E-state index contributed by atoms with van der Waals surface area (Å²) >= 11 is 0. The second-order valence-corrected chi connectivity index (χ2v) is 4.00. The van der Waals surface area contributed by atoms with Gasteiger partial charge in [0.15, 0.2) is 0 Å². The van der Waals surface area contributed by atoms with Gasteiger partial charge in [0.2, 0.25) is 0 Å². The van der Waals surface area contributed by atoms with Crippen LogP contribution in [0.25, 0.3) is 0 Å².